The van der Waals surface area contributed by atoms with Crippen molar-refractivity contribution >= 4 is 19.6 Å². The van der Waals surface area contributed by atoms with Gasteiger partial charge in [-0.25, -0.2) is 0 Å². The molecule has 0 fully saturated rings. The molecule has 1 aliphatic rings. The molecule has 1 heterocycles. The van der Waals surface area contributed by atoms with Gasteiger partial charge in [-0.05, 0) is 37.0 Å². The van der Waals surface area contributed by atoms with Crippen LogP contribution in [0, 0.1) is 0 Å². The van der Waals surface area contributed by atoms with Crippen LogP contribution in [0.15, 0.2) is 70.2 Å². The number of para-hydroxylation sites is 1. The lowest BCUT2D eigenvalue weighted by Crippen LogP contribution is -1.93. The number of hydrogen-bond acceptors (Lipinski definition) is 2. The Labute approximate surface area is 139 Å². The van der Waals surface area contributed by atoms with Gasteiger partial charge in [0.15, 0.2) is 7.28 Å². The van der Waals surface area contributed by atoms with E-state index in [-0.39, 0.29) is 0 Å². The fourth-order valence-corrected chi connectivity index (χ4v) is 2.55. The Morgan fingerprint density at radius 2 is 2.09 bits per heavy atom. The highest BCUT2D eigenvalue weighted by atomic mass is 16.3. The molecule has 3 heteroatoms. The van der Waals surface area contributed by atoms with E-state index in [2.05, 4.69) is 24.5 Å². The smallest absolute Gasteiger partial charge is 0.186 e. The van der Waals surface area contributed by atoms with Crippen molar-refractivity contribution in [3.63, 3.8) is 0 Å². The maximum absolute atomic E-state index is 9.81. The summed E-state index contributed by atoms with van der Waals surface area (Å²) >= 11 is 0. The third-order valence-corrected chi connectivity index (χ3v) is 4.03. The molecule has 1 aromatic carbocycles. The molecule has 0 bridgehead atoms. The minimum Gasteiger partial charge on any atom is -0.507 e. The Balaban J connectivity index is 2.06. The van der Waals surface area contributed by atoms with Crippen molar-refractivity contribution in [2.24, 2.45) is 4.99 Å². The topological polar surface area (TPSA) is 32.6 Å². The highest BCUT2D eigenvalue weighted by molar-refractivity contribution is 6.55. The third kappa shape index (κ3) is 4.59. The first-order valence-electron chi connectivity index (χ1n) is 8.21. The van der Waals surface area contributed by atoms with Crippen LogP contribution in [0.1, 0.15) is 38.7 Å². The summed E-state index contributed by atoms with van der Waals surface area (Å²) in [4.78, 5) is 4.56. The predicted molar refractivity (Wildman–Crippen MR) is 102 cm³/mol. The van der Waals surface area contributed by atoms with Crippen LogP contribution in [0.4, 0.5) is 0 Å². The molecule has 23 heavy (non-hydrogen) atoms. The van der Waals surface area contributed by atoms with E-state index in [9.17, 15) is 5.11 Å². The summed E-state index contributed by atoms with van der Waals surface area (Å²) in [7, 11) is 0.871. The average molecular weight is 305 g/mol. The Bertz CT molecular complexity index is 695. The SMILES string of the molecule is C=C1C(/C=C/c2ccccc2O)=CB/C1=C(C)/N=C\CCCC. The summed E-state index contributed by atoms with van der Waals surface area (Å²) in [5.74, 6) is 2.46. The predicted octanol–water partition coefficient (Wildman–Crippen LogP) is 4.79. The van der Waals surface area contributed by atoms with E-state index in [4.69, 9.17) is 0 Å². The van der Waals surface area contributed by atoms with Crippen molar-refractivity contribution in [1.82, 2.24) is 0 Å². The van der Waals surface area contributed by atoms with Gasteiger partial charge >= 0.3 is 0 Å². The van der Waals surface area contributed by atoms with Gasteiger partial charge in [-0.1, -0.05) is 55.7 Å². The second kappa shape index (κ2) is 8.37. The van der Waals surface area contributed by atoms with Crippen LogP contribution >= 0.6 is 0 Å². The highest BCUT2D eigenvalue weighted by Crippen LogP contribution is 2.29. The summed E-state index contributed by atoms with van der Waals surface area (Å²) in [5.41, 5.74) is 5.20. The van der Waals surface area contributed by atoms with Crippen molar-refractivity contribution in [1.29, 1.82) is 0 Å². The first-order chi connectivity index (χ1) is 11.1. The molecule has 2 rings (SSSR count). The van der Waals surface area contributed by atoms with E-state index in [1.165, 1.54) is 18.3 Å². The molecule has 1 aliphatic heterocycles. The molecular weight excluding hydrogens is 281 g/mol. The standard InChI is InChI=1S/C20H24BNO/c1-4-5-8-13-22-16(3)20-15(2)18(14-21-20)12-11-17-9-6-7-10-19(17)23/h6-7,9-14,21,23H,2,4-5,8H2,1,3H3/b12-11+,20-16+,22-13-. The van der Waals surface area contributed by atoms with E-state index in [1.807, 2.05) is 43.5 Å². The van der Waals surface area contributed by atoms with E-state index in [0.717, 1.165) is 36.1 Å². The molecular formula is C20H24BNO. The monoisotopic (exact) mass is 305 g/mol. The molecule has 0 atom stereocenters. The molecule has 0 saturated heterocycles. The van der Waals surface area contributed by atoms with Crippen LogP contribution < -0.4 is 0 Å². The summed E-state index contributed by atoms with van der Waals surface area (Å²) in [5, 5.41) is 9.81. The Morgan fingerprint density at radius 3 is 2.83 bits per heavy atom. The molecule has 0 spiro atoms. The number of phenols is 1. The second-order valence-electron chi connectivity index (χ2n) is 5.75. The Kier molecular flexibility index (Phi) is 6.22. The van der Waals surface area contributed by atoms with Crippen LogP contribution in [0.5, 0.6) is 5.75 Å². The molecule has 2 nitrogen and oxygen atoms in total. The maximum Gasteiger partial charge on any atom is 0.186 e. The minimum atomic E-state index is 0.292. The summed E-state index contributed by atoms with van der Waals surface area (Å²) < 4.78 is 0. The first kappa shape index (κ1) is 17.1. The van der Waals surface area contributed by atoms with E-state index >= 15 is 0 Å². The summed E-state index contributed by atoms with van der Waals surface area (Å²) in [6.45, 7) is 8.44. The number of allylic oxidation sites excluding steroid dienone is 5. The van der Waals surface area contributed by atoms with Crippen molar-refractivity contribution in [2.45, 2.75) is 33.1 Å². The van der Waals surface area contributed by atoms with Gasteiger partial charge in [0.1, 0.15) is 5.75 Å². The molecule has 118 valence electrons. The lowest BCUT2D eigenvalue weighted by atomic mass is 9.71. The lowest BCUT2D eigenvalue weighted by Gasteiger charge is -2.05. The van der Waals surface area contributed by atoms with Gasteiger partial charge in [-0.3, -0.25) is 4.99 Å². The number of rotatable bonds is 6. The van der Waals surface area contributed by atoms with Crippen molar-refractivity contribution < 1.29 is 5.11 Å². The van der Waals surface area contributed by atoms with Crippen LogP contribution in [-0.2, 0) is 0 Å². The Hall–Kier alpha value is -2.29. The molecule has 1 aromatic rings. The molecule has 0 radical (unpaired) electrons. The van der Waals surface area contributed by atoms with E-state index in [0.29, 0.717) is 5.75 Å². The molecule has 0 saturated carbocycles. The normalized spacial score (nSPS) is 17.0. The molecule has 0 aromatic heterocycles. The van der Waals surface area contributed by atoms with Gasteiger partial charge in [-0.2, -0.15) is 0 Å². The largest absolute Gasteiger partial charge is 0.507 e. The zero-order chi connectivity index (χ0) is 16.7. The van der Waals surface area contributed by atoms with Gasteiger partial charge in [0.25, 0.3) is 0 Å². The number of phenolic OH excluding ortho intramolecular Hbond substituents is 1. The number of unbranched alkanes of at least 4 members (excludes halogenated alkanes) is 2. The van der Waals surface area contributed by atoms with E-state index in [1.54, 1.807) is 6.07 Å². The van der Waals surface area contributed by atoms with Crippen molar-refractivity contribution in [3.05, 3.63) is 70.8 Å². The van der Waals surface area contributed by atoms with Crippen LogP contribution in [0.25, 0.3) is 6.08 Å². The van der Waals surface area contributed by atoms with Crippen LogP contribution in [0.3, 0.4) is 0 Å². The summed E-state index contributed by atoms with van der Waals surface area (Å²) in [6.07, 6.45) is 9.35. The third-order valence-electron chi connectivity index (χ3n) is 4.03. The van der Waals surface area contributed by atoms with Crippen LogP contribution in [-0.4, -0.2) is 18.6 Å². The number of aliphatic imine (C=N–C) groups is 1. The first-order valence-corrected chi connectivity index (χ1v) is 8.21. The average Bonchev–Trinajstić information content (AvgIpc) is 2.91. The molecule has 0 unspecified atom stereocenters. The summed E-state index contributed by atoms with van der Waals surface area (Å²) in [6, 6.07) is 7.32. The molecule has 1 N–H and O–H groups in total. The zero-order valence-electron chi connectivity index (χ0n) is 14.0. The number of aromatic hydroxyl groups is 1. The number of benzene rings is 1. The number of nitrogens with zero attached hydrogens (tertiary/aromatic N) is 1. The van der Waals surface area contributed by atoms with Gasteiger partial charge in [0.05, 0.1) is 0 Å². The molecule has 0 aliphatic carbocycles. The lowest BCUT2D eigenvalue weighted by molar-refractivity contribution is 0.474. The maximum atomic E-state index is 9.81. The second-order valence-corrected chi connectivity index (χ2v) is 5.75. The van der Waals surface area contributed by atoms with Crippen molar-refractivity contribution in [2.75, 3.05) is 0 Å². The van der Waals surface area contributed by atoms with Gasteiger partial charge in [0.2, 0.25) is 0 Å². The molecule has 0 amide bonds. The quantitative estimate of drug-likeness (QED) is 0.457. The fraction of sp³-hybridized carbons (Fsp3) is 0.250. The van der Waals surface area contributed by atoms with E-state index < -0.39 is 0 Å². The minimum absolute atomic E-state index is 0.292. The fourth-order valence-electron chi connectivity index (χ4n) is 2.55. The zero-order valence-corrected chi connectivity index (χ0v) is 14.0. The van der Waals surface area contributed by atoms with Gasteiger partial charge < -0.3 is 5.11 Å². The van der Waals surface area contributed by atoms with Crippen molar-refractivity contribution in [3.8, 4) is 5.75 Å². The number of hydrogen-bond donors (Lipinski definition) is 1. The van der Waals surface area contributed by atoms with Gasteiger partial charge in [0, 0.05) is 17.5 Å². The highest BCUT2D eigenvalue weighted by Gasteiger charge is 2.16. The van der Waals surface area contributed by atoms with Crippen LogP contribution in [0.2, 0.25) is 0 Å². The Morgan fingerprint density at radius 1 is 1.30 bits per heavy atom. The van der Waals surface area contributed by atoms with Gasteiger partial charge in [-0.15, -0.1) is 5.98 Å².